The number of nitrogens with one attached hydrogen (secondary N) is 1. The van der Waals surface area contributed by atoms with Gasteiger partial charge in [0.2, 0.25) is 0 Å². The summed E-state index contributed by atoms with van der Waals surface area (Å²) in [7, 11) is 1.50. The van der Waals surface area contributed by atoms with Gasteiger partial charge in [-0.2, -0.15) is 18.3 Å². The molecule has 5 N–H and O–H groups in total. The predicted octanol–water partition coefficient (Wildman–Crippen LogP) is 4.35. The second-order valence-electron chi connectivity index (χ2n) is 8.25. The van der Waals surface area contributed by atoms with Crippen LogP contribution in [0.4, 0.5) is 29.1 Å². The maximum absolute atomic E-state index is 14.7. The van der Waals surface area contributed by atoms with Crippen molar-refractivity contribution in [2.24, 2.45) is 0 Å². The zero-order valence-corrected chi connectivity index (χ0v) is 20.6. The molecule has 0 fully saturated rings. The zero-order valence-electron chi connectivity index (χ0n) is 20.6. The molecule has 0 bridgehead atoms. The maximum atomic E-state index is 14.7. The van der Waals surface area contributed by atoms with Crippen molar-refractivity contribution < 1.29 is 22.3 Å². The number of ether oxygens (including phenoxy) is 1. The van der Waals surface area contributed by atoms with Gasteiger partial charge in [-0.1, -0.05) is 19.8 Å². The fourth-order valence-electron chi connectivity index (χ4n) is 3.70. The third kappa shape index (κ3) is 6.28. The highest BCUT2D eigenvalue weighted by molar-refractivity contribution is 5.86. The number of aromatic amines is 1. The van der Waals surface area contributed by atoms with Crippen LogP contribution in [-0.4, -0.2) is 26.9 Å². The number of fused-ring (bicyclic) bond motifs is 1. The smallest absolute Gasteiger partial charge is 0.423 e. The summed E-state index contributed by atoms with van der Waals surface area (Å²) < 4.78 is 57.3. The minimum atomic E-state index is -4.74. The molecule has 0 aliphatic carbocycles. The highest BCUT2D eigenvalue weighted by Gasteiger charge is 2.36. The Kier molecular flexibility index (Phi) is 8.71. The van der Waals surface area contributed by atoms with E-state index in [4.69, 9.17) is 16.2 Å². The Bertz CT molecular complexity index is 1550. The second kappa shape index (κ2) is 11.8. The lowest BCUT2D eigenvalue weighted by molar-refractivity contribution is -0.138. The third-order valence-electron chi connectivity index (χ3n) is 5.62. The van der Waals surface area contributed by atoms with E-state index in [-0.39, 0.29) is 11.4 Å². The average Bonchev–Trinajstić information content (AvgIpc) is 2.85. The third-order valence-corrected chi connectivity index (χ3v) is 5.62. The van der Waals surface area contributed by atoms with Gasteiger partial charge < -0.3 is 20.8 Å². The van der Waals surface area contributed by atoms with Crippen molar-refractivity contribution >= 4 is 22.3 Å². The molecule has 0 unspecified atom stereocenters. The quantitative estimate of drug-likeness (QED) is 0.247. The zero-order chi connectivity index (χ0) is 28.0. The Labute approximate surface area is 214 Å². The van der Waals surface area contributed by atoms with Crippen LogP contribution in [0, 0.1) is 5.82 Å². The van der Waals surface area contributed by atoms with Gasteiger partial charge in [0, 0.05) is 18.3 Å². The van der Waals surface area contributed by atoms with E-state index in [1.165, 1.54) is 13.2 Å². The second-order valence-corrected chi connectivity index (χ2v) is 8.25. The molecule has 0 spiro atoms. The van der Waals surface area contributed by atoms with Gasteiger partial charge in [-0.05, 0) is 42.1 Å². The van der Waals surface area contributed by atoms with Crippen molar-refractivity contribution in [2.75, 3.05) is 18.6 Å². The molecule has 0 aliphatic heterocycles. The largest absolute Gasteiger partial charge is 0.493 e. The summed E-state index contributed by atoms with van der Waals surface area (Å²) in [5.41, 5.74) is 7.84. The van der Waals surface area contributed by atoms with Crippen LogP contribution in [0.2, 0.25) is 0 Å². The van der Waals surface area contributed by atoms with Crippen molar-refractivity contribution in [2.45, 2.75) is 38.9 Å². The summed E-state index contributed by atoms with van der Waals surface area (Å²) in [4.78, 5) is 27.4. The summed E-state index contributed by atoms with van der Waals surface area (Å²) in [5, 5.41) is 5.78. The van der Waals surface area contributed by atoms with E-state index in [0.717, 1.165) is 25.5 Å². The first-order chi connectivity index (χ1) is 18.0. The first-order valence-electron chi connectivity index (χ1n) is 11.5. The van der Waals surface area contributed by atoms with E-state index in [2.05, 4.69) is 17.0 Å². The number of aromatic nitrogens is 4. The van der Waals surface area contributed by atoms with Gasteiger partial charge >= 0.3 is 6.18 Å². The molecule has 0 saturated heterocycles. The molecule has 1 aromatic carbocycles. The Hall–Kier alpha value is -4.42. The number of nitrogen functional groups attached to an aromatic ring is 2. The molecule has 0 saturated carbocycles. The Balaban J connectivity index is 0.000000279. The summed E-state index contributed by atoms with van der Waals surface area (Å²) >= 11 is 0. The van der Waals surface area contributed by atoms with Crippen LogP contribution >= 0.6 is 0 Å². The van der Waals surface area contributed by atoms with Crippen LogP contribution in [0.15, 0.2) is 52.3 Å². The lowest BCUT2D eigenvalue weighted by Gasteiger charge is -2.10. The average molecular weight is 535 g/mol. The first-order valence-corrected chi connectivity index (χ1v) is 11.5. The molecule has 4 aromatic rings. The van der Waals surface area contributed by atoms with Crippen molar-refractivity contribution in [3.05, 3.63) is 74.8 Å². The molecule has 9 nitrogen and oxygen atoms in total. The first kappa shape index (κ1) is 28.2. The molecule has 0 aliphatic rings. The lowest BCUT2D eigenvalue weighted by Crippen LogP contribution is -2.24. The van der Waals surface area contributed by atoms with E-state index in [0.29, 0.717) is 34.3 Å². The lowest BCUT2D eigenvalue weighted by atomic mass is 10.0. The van der Waals surface area contributed by atoms with Crippen LogP contribution in [0.1, 0.15) is 31.7 Å². The fourth-order valence-corrected chi connectivity index (χ4v) is 3.70. The Morgan fingerprint density at radius 3 is 2.42 bits per heavy atom. The number of hydrogen-bond donors (Lipinski definition) is 3. The van der Waals surface area contributed by atoms with Crippen LogP contribution in [0.25, 0.3) is 22.0 Å². The number of nitrogens with two attached hydrogens (primary N) is 2. The molecular formula is C25H26F4N6O3. The van der Waals surface area contributed by atoms with Gasteiger partial charge in [0.15, 0.2) is 11.6 Å². The number of aryl methyl sites for hydroxylation is 1. The summed E-state index contributed by atoms with van der Waals surface area (Å²) in [6, 6.07) is 8.04. The van der Waals surface area contributed by atoms with E-state index >= 15 is 0 Å². The number of unbranched alkanes of at least 4 members (excludes halogenated alkanes) is 2. The normalized spacial score (nSPS) is 11.2. The Morgan fingerprint density at radius 1 is 1.11 bits per heavy atom. The van der Waals surface area contributed by atoms with Gasteiger partial charge in [-0.25, -0.2) is 14.5 Å². The van der Waals surface area contributed by atoms with E-state index in [9.17, 15) is 27.2 Å². The van der Waals surface area contributed by atoms with Crippen molar-refractivity contribution in [3.63, 3.8) is 0 Å². The summed E-state index contributed by atoms with van der Waals surface area (Å²) in [6.07, 6.45) is 0.834. The van der Waals surface area contributed by atoms with E-state index in [1.54, 1.807) is 34.1 Å². The van der Waals surface area contributed by atoms with Crippen LogP contribution in [0.5, 0.6) is 5.75 Å². The number of alkyl halides is 3. The summed E-state index contributed by atoms with van der Waals surface area (Å²) in [6.45, 7) is 2.75. The van der Waals surface area contributed by atoms with Gasteiger partial charge in [-0.3, -0.25) is 9.59 Å². The number of pyridine rings is 2. The number of nitrogens with zero attached hydrogens (tertiary/aromatic N) is 3. The van der Waals surface area contributed by atoms with Crippen LogP contribution < -0.4 is 27.3 Å². The van der Waals surface area contributed by atoms with Crippen molar-refractivity contribution in [1.82, 2.24) is 19.7 Å². The number of hydrogen-bond acceptors (Lipinski definition) is 7. The SMILES string of the molecule is CCCCCn1ccc2cc(-c3ccc(OC)c(N)n3)c(F)cc2c1=O.Nc1cn[nH]c(=O)c1C(F)(F)F. The standard InChI is InChI=1S/C20H22FN3O2.C5H4F3N3O/c1-3-4-5-9-24-10-8-13-11-15(16(21)12-14(13)20(24)25)17-6-7-18(26-2)19(22)23-17;6-5(7,8)3-2(9)1-10-11-4(3)12/h6-8,10-12H,3-5,9H2,1-2H3,(H2,22,23);1H,(H3,9,11,12). The predicted molar refractivity (Wildman–Crippen MR) is 136 cm³/mol. The monoisotopic (exact) mass is 534 g/mol. The van der Waals surface area contributed by atoms with E-state index in [1.807, 2.05) is 6.07 Å². The topological polar surface area (TPSA) is 142 Å². The molecule has 0 radical (unpaired) electrons. The molecule has 4 rings (SSSR count). The fraction of sp³-hybridized carbons (Fsp3) is 0.280. The Morgan fingerprint density at radius 2 is 1.84 bits per heavy atom. The number of H-pyrrole nitrogens is 1. The van der Waals surface area contributed by atoms with Gasteiger partial charge in [-0.15, -0.1) is 0 Å². The van der Waals surface area contributed by atoms with Gasteiger partial charge in [0.25, 0.3) is 11.1 Å². The molecule has 3 aromatic heterocycles. The van der Waals surface area contributed by atoms with Crippen molar-refractivity contribution in [1.29, 1.82) is 0 Å². The highest BCUT2D eigenvalue weighted by atomic mass is 19.4. The minimum Gasteiger partial charge on any atom is -0.493 e. The van der Waals surface area contributed by atoms with Gasteiger partial charge in [0.05, 0.1) is 30.1 Å². The molecule has 3 heterocycles. The summed E-state index contributed by atoms with van der Waals surface area (Å²) in [5.74, 6) is 0.124. The maximum Gasteiger partial charge on any atom is 0.423 e. The van der Waals surface area contributed by atoms with E-state index < -0.39 is 28.8 Å². The molecule has 0 amide bonds. The number of benzene rings is 1. The number of rotatable bonds is 6. The van der Waals surface area contributed by atoms with Crippen molar-refractivity contribution in [3.8, 4) is 17.0 Å². The number of halogens is 4. The molecular weight excluding hydrogens is 508 g/mol. The molecule has 0 atom stereocenters. The molecule has 13 heteroatoms. The van der Waals surface area contributed by atoms with Gasteiger partial charge in [0.1, 0.15) is 11.4 Å². The molecule has 202 valence electrons. The molecule has 38 heavy (non-hydrogen) atoms. The highest BCUT2D eigenvalue weighted by Crippen LogP contribution is 2.30. The minimum absolute atomic E-state index is 0.175. The van der Waals surface area contributed by atoms with Crippen LogP contribution in [-0.2, 0) is 12.7 Å². The number of methoxy groups -OCH3 is 1. The van der Waals surface area contributed by atoms with Crippen LogP contribution in [0.3, 0.4) is 0 Å². The number of anilines is 2.